The second kappa shape index (κ2) is 6.50. The van der Waals surface area contributed by atoms with Crippen molar-refractivity contribution < 1.29 is 4.74 Å². The Labute approximate surface area is 114 Å². The van der Waals surface area contributed by atoms with Gasteiger partial charge in [-0.1, -0.05) is 49.4 Å². The monoisotopic (exact) mass is 258 g/mol. The summed E-state index contributed by atoms with van der Waals surface area (Å²) in [5.74, 6) is 1.82. The molecule has 94 valence electrons. The molecule has 0 spiro atoms. The van der Waals surface area contributed by atoms with E-state index in [0.717, 1.165) is 12.2 Å². The summed E-state index contributed by atoms with van der Waals surface area (Å²) in [6.07, 6.45) is 1.02. The summed E-state index contributed by atoms with van der Waals surface area (Å²) in [4.78, 5) is 0. The molecule has 0 aliphatic rings. The van der Waals surface area contributed by atoms with E-state index in [9.17, 15) is 0 Å². The van der Waals surface area contributed by atoms with Crippen LogP contribution in [0.4, 0.5) is 0 Å². The van der Waals surface area contributed by atoms with Crippen molar-refractivity contribution in [1.29, 1.82) is 0 Å². The number of benzene rings is 2. The normalized spacial score (nSPS) is 12.1. The number of rotatable bonds is 5. The molecule has 0 aromatic heterocycles. The molecule has 0 N–H and O–H groups in total. The Balaban J connectivity index is 2.07. The molecule has 2 aromatic carbocycles. The zero-order chi connectivity index (χ0) is 12.8. The molecule has 2 heteroatoms. The standard InChI is InChI=1S/C16H18OS/c1-13(15-7-3-2-4-8-15)10-14-6-5-9-16(11-14)17-12-18/h2-9,11,13,18H,10,12H2,1H3. The van der Waals surface area contributed by atoms with E-state index < -0.39 is 0 Å². The van der Waals surface area contributed by atoms with Crippen LogP contribution in [0, 0.1) is 0 Å². The summed E-state index contributed by atoms with van der Waals surface area (Å²) in [6.45, 7) is 2.25. The Hall–Kier alpha value is -1.41. The highest BCUT2D eigenvalue weighted by atomic mass is 32.1. The number of thiol groups is 1. The van der Waals surface area contributed by atoms with Gasteiger partial charge in [-0.25, -0.2) is 0 Å². The Morgan fingerprint density at radius 2 is 1.83 bits per heavy atom. The molecule has 0 aliphatic heterocycles. The minimum absolute atomic E-state index is 0.414. The molecule has 2 rings (SSSR count). The van der Waals surface area contributed by atoms with Gasteiger partial charge in [-0.2, -0.15) is 0 Å². The van der Waals surface area contributed by atoms with E-state index >= 15 is 0 Å². The molecule has 0 bridgehead atoms. The van der Waals surface area contributed by atoms with Crippen LogP contribution in [0.2, 0.25) is 0 Å². The first-order valence-corrected chi connectivity index (χ1v) is 6.80. The van der Waals surface area contributed by atoms with Crippen molar-refractivity contribution >= 4 is 12.6 Å². The van der Waals surface area contributed by atoms with Gasteiger partial charge in [0, 0.05) is 0 Å². The molecule has 0 amide bonds. The molecule has 2 aromatic rings. The summed E-state index contributed by atoms with van der Waals surface area (Å²) in [7, 11) is 0. The lowest BCUT2D eigenvalue weighted by atomic mass is 9.94. The average Bonchev–Trinajstić information content (AvgIpc) is 2.40. The van der Waals surface area contributed by atoms with Crippen LogP contribution >= 0.6 is 12.6 Å². The second-order valence-electron chi connectivity index (χ2n) is 4.44. The molecule has 0 fully saturated rings. The molecule has 18 heavy (non-hydrogen) atoms. The van der Waals surface area contributed by atoms with Crippen molar-refractivity contribution in [2.24, 2.45) is 0 Å². The molecule has 1 unspecified atom stereocenters. The number of hydrogen-bond acceptors (Lipinski definition) is 2. The Kier molecular flexibility index (Phi) is 4.71. The van der Waals surface area contributed by atoms with E-state index in [1.807, 2.05) is 12.1 Å². The molecule has 1 atom stereocenters. The molecule has 1 nitrogen and oxygen atoms in total. The summed E-state index contributed by atoms with van der Waals surface area (Å²) < 4.78 is 5.40. The quantitative estimate of drug-likeness (QED) is 0.621. The average molecular weight is 258 g/mol. The van der Waals surface area contributed by atoms with E-state index in [0.29, 0.717) is 11.9 Å². The third kappa shape index (κ3) is 3.54. The maximum atomic E-state index is 5.40. The Bertz CT molecular complexity index is 481. The minimum atomic E-state index is 0.414. The SMILES string of the molecule is CC(Cc1cccc(OCS)c1)c1ccccc1. The smallest absolute Gasteiger partial charge is 0.131 e. The fourth-order valence-corrected chi connectivity index (χ4v) is 2.24. The van der Waals surface area contributed by atoms with E-state index in [1.165, 1.54) is 11.1 Å². The predicted molar refractivity (Wildman–Crippen MR) is 79.5 cm³/mol. The lowest BCUT2D eigenvalue weighted by Crippen LogP contribution is -1.99. The van der Waals surface area contributed by atoms with Gasteiger partial charge in [0.05, 0.1) is 0 Å². The van der Waals surface area contributed by atoms with Crippen LogP contribution in [0.25, 0.3) is 0 Å². The highest BCUT2D eigenvalue weighted by molar-refractivity contribution is 7.80. The van der Waals surface area contributed by atoms with E-state index in [2.05, 4.69) is 62.0 Å². The number of ether oxygens (including phenoxy) is 1. The van der Waals surface area contributed by atoms with Gasteiger partial charge in [-0.3, -0.25) is 0 Å². The van der Waals surface area contributed by atoms with Crippen LogP contribution in [-0.4, -0.2) is 5.94 Å². The van der Waals surface area contributed by atoms with Crippen LogP contribution < -0.4 is 4.74 Å². The van der Waals surface area contributed by atoms with Crippen molar-refractivity contribution in [1.82, 2.24) is 0 Å². The van der Waals surface area contributed by atoms with Crippen LogP contribution in [-0.2, 0) is 6.42 Å². The molecular weight excluding hydrogens is 240 g/mol. The van der Waals surface area contributed by atoms with E-state index in [-0.39, 0.29) is 0 Å². The second-order valence-corrected chi connectivity index (χ2v) is 4.69. The van der Waals surface area contributed by atoms with Gasteiger partial charge in [0.1, 0.15) is 11.7 Å². The molecule has 0 radical (unpaired) electrons. The molecular formula is C16H18OS. The lowest BCUT2D eigenvalue weighted by molar-refractivity contribution is 0.394. The van der Waals surface area contributed by atoms with Crippen LogP contribution in [0.3, 0.4) is 0 Å². The van der Waals surface area contributed by atoms with E-state index in [1.54, 1.807) is 0 Å². The first-order chi connectivity index (χ1) is 8.79. The van der Waals surface area contributed by atoms with Gasteiger partial charge in [-0.15, -0.1) is 12.6 Å². The topological polar surface area (TPSA) is 9.23 Å². The van der Waals surface area contributed by atoms with Crippen molar-refractivity contribution in [3.05, 3.63) is 65.7 Å². The fraction of sp³-hybridized carbons (Fsp3) is 0.250. The van der Waals surface area contributed by atoms with Gasteiger partial charge in [0.15, 0.2) is 0 Å². The largest absolute Gasteiger partial charge is 0.483 e. The third-order valence-corrected chi connectivity index (χ3v) is 3.17. The summed E-state index contributed by atoms with van der Waals surface area (Å²) >= 11 is 4.07. The molecule has 0 saturated carbocycles. The number of hydrogen-bond donors (Lipinski definition) is 1. The van der Waals surface area contributed by atoms with Gasteiger partial charge < -0.3 is 4.74 Å². The maximum Gasteiger partial charge on any atom is 0.131 e. The third-order valence-electron chi connectivity index (χ3n) is 3.04. The van der Waals surface area contributed by atoms with Gasteiger partial charge in [0.25, 0.3) is 0 Å². The molecule has 0 aliphatic carbocycles. The summed E-state index contributed by atoms with van der Waals surface area (Å²) in [5.41, 5.74) is 2.67. The van der Waals surface area contributed by atoms with Crippen molar-refractivity contribution in [2.45, 2.75) is 19.3 Å². The van der Waals surface area contributed by atoms with Gasteiger partial charge in [-0.05, 0) is 35.6 Å². The fourth-order valence-electron chi connectivity index (χ4n) is 2.09. The van der Waals surface area contributed by atoms with Crippen LogP contribution in [0.15, 0.2) is 54.6 Å². The first kappa shape index (κ1) is 13.0. The zero-order valence-corrected chi connectivity index (χ0v) is 11.4. The van der Waals surface area contributed by atoms with E-state index in [4.69, 9.17) is 4.74 Å². The maximum absolute atomic E-state index is 5.40. The Morgan fingerprint density at radius 1 is 1.06 bits per heavy atom. The molecule has 0 saturated heterocycles. The first-order valence-electron chi connectivity index (χ1n) is 6.17. The highest BCUT2D eigenvalue weighted by Crippen LogP contribution is 2.22. The Morgan fingerprint density at radius 3 is 2.56 bits per heavy atom. The van der Waals surface area contributed by atoms with Crippen molar-refractivity contribution in [3.8, 4) is 5.75 Å². The predicted octanol–water partition coefficient (Wildman–Crippen LogP) is 4.30. The minimum Gasteiger partial charge on any atom is -0.483 e. The summed E-state index contributed by atoms with van der Waals surface area (Å²) in [6, 6.07) is 18.8. The summed E-state index contributed by atoms with van der Waals surface area (Å²) in [5, 5.41) is 0. The van der Waals surface area contributed by atoms with Crippen LogP contribution in [0.1, 0.15) is 24.0 Å². The zero-order valence-electron chi connectivity index (χ0n) is 10.5. The lowest BCUT2D eigenvalue weighted by Gasteiger charge is -2.12. The van der Waals surface area contributed by atoms with Gasteiger partial charge >= 0.3 is 0 Å². The van der Waals surface area contributed by atoms with Gasteiger partial charge in [0.2, 0.25) is 0 Å². The van der Waals surface area contributed by atoms with Crippen molar-refractivity contribution in [2.75, 3.05) is 5.94 Å². The van der Waals surface area contributed by atoms with Crippen LogP contribution in [0.5, 0.6) is 5.75 Å². The highest BCUT2D eigenvalue weighted by Gasteiger charge is 2.06. The molecule has 0 heterocycles. The van der Waals surface area contributed by atoms with Crippen molar-refractivity contribution in [3.63, 3.8) is 0 Å².